The fraction of sp³-hybridized carbons (Fsp3) is 0.0526. The average Bonchev–Trinajstić information content (AvgIpc) is 3.10. The fourth-order valence-electron chi connectivity index (χ4n) is 5.78. The number of sulfone groups is 1. The molecule has 0 aromatic heterocycles. The minimum Gasteiger partial charge on any atom is -0.399 e. The van der Waals surface area contributed by atoms with Crippen LogP contribution in [0.2, 0.25) is 0 Å². The summed E-state index contributed by atoms with van der Waals surface area (Å²) in [7, 11) is -4.50. The SMILES string of the molecule is Cc1cccc(N(c2ccc(N)cc2)c2ccc(S(=O)(=O)c3ccc(N(c4ccc(N)cc4)c4cccc(C)c4)c([N+](=O)[O-])c3)cc2[N+](=O)[O-])c1. The number of anilines is 8. The van der Waals surface area contributed by atoms with Crippen LogP contribution in [0.4, 0.5) is 56.9 Å². The average molecular weight is 701 g/mol. The predicted molar refractivity (Wildman–Crippen MR) is 199 cm³/mol. The van der Waals surface area contributed by atoms with Crippen LogP contribution in [0, 0.1) is 34.1 Å². The second-order valence-corrected chi connectivity index (χ2v) is 13.8. The summed E-state index contributed by atoms with van der Waals surface area (Å²) in [6.07, 6.45) is 0. The van der Waals surface area contributed by atoms with Crippen LogP contribution in [0.1, 0.15) is 11.1 Å². The Bertz CT molecular complexity index is 2240. The van der Waals surface area contributed by atoms with Gasteiger partial charge < -0.3 is 21.3 Å². The number of aryl methyl sites for hydroxylation is 2. The molecule has 51 heavy (non-hydrogen) atoms. The lowest BCUT2D eigenvalue weighted by Crippen LogP contribution is -2.14. The topological polar surface area (TPSA) is 179 Å². The third-order valence-electron chi connectivity index (χ3n) is 8.21. The zero-order valence-corrected chi connectivity index (χ0v) is 28.3. The van der Waals surface area contributed by atoms with Gasteiger partial charge in [-0.1, -0.05) is 24.3 Å². The first-order chi connectivity index (χ1) is 24.3. The van der Waals surface area contributed by atoms with Crippen LogP contribution in [-0.2, 0) is 9.84 Å². The molecule has 0 spiro atoms. The third kappa shape index (κ3) is 6.91. The van der Waals surface area contributed by atoms with E-state index in [2.05, 4.69) is 0 Å². The summed E-state index contributed by atoms with van der Waals surface area (Å²) in [6.45, 7) is 3.77. The number of benzene rings is 6. The Labute approximate surface area is 294 Å². The van der Waals surface area contributed by atoms with Crippen LogP contribution < -0.4 is 21.3 Å². The van der Waals surface area contributed by atoms with E-state index in [0.717, 1.165) is 23.3 Å². The second-order valence-electron chi connectivity index (χ2n) is 11.9. The van der Waals surface area contributed by atoms with Crippen molar-refractivity contribution in [1.82, 2.24) is 0 Å². The van der Waals surface area contributed by atoms with Crippen molar-refractivity contribution in [3.05, 3.63) is 165 Å². The number of nitrogens with two attached hydrogens (primary N) is 2. The van der Waals surface area contributed by atoms with E-state index in [1.54, 1.807) is 70.5 Å². The summed E-state index contributed by atoms with van der Waals surface area (Å²) < 4.78 is 28.2. The number of nitro benzene ring substituents is 2. The Hall–Kier alpha value is -6.73. The van der Waals surface area contributed by atoms with Gasteiger partial charge in [0.2, 0.25) is 9.84 Å². The van der Waals surface area contributed by atoms with Crippen molar-refractivity contribution in [2.24, 2.45) is 0 Å². The van der Waals surface area contributed by atoms with E-state index in [0.29, 0.717) is 34.1 Å². The minimum absolute atomic E-state index is 0.105. The molecule has 0 aliphatic rings. The van der Waals surface area contributed by atoms with Gasteiger partial charge in [-0.2, -0.15) is 0 Å². The molecule has 0 unspecified atom stereocenters. The first-order valence-corrected chi connectivity index (χ1v) is 17.1. The summed E-state index contributed by atoms with van der Waals surface area (Å²) >= 11 is 0. The molecule has 6 rings (SSSR count). The van der Waals surface area contributed by atoms with Gasteiger partial charge in [0.05, 0.1) is 19.6 Å². The lowest BCUT2D eigenvalue weighted by Gasteiger charge is -2.26. The maximum absolute atomic E-state index is 14.1. The standard InChI is InChI=1S/C38H32N6O6S/c1-25-5-3-7-31(21-25)41(29-13-9-27(39)10-14-29)35-19-17-33(23-37(35)43(45)46)51(49,50)34-18-20-36(38(24-34)44(47)48)42(30-15-11-28(40)12-16-30)32-8-4-6-26(2)22-32/h3-24H,39-40H2,1-2H3. The van der Waals surface area contributed by atoms with E-state index in [1.807, 2.05) is 50.2 Å². The zero-order chi connectivity index (χ0) is 36.4. The van der Waals surface area contributed by atoms with Gasteiger partial charge in [0.15, 0.2) is 0 Å². The highest BCUT2D eigenvalue weighted by atomic mass is 32.2. The molecule has 0 atom stereocenters. The molecule has 0 saturated heterocycles. The van der Waals surface area contributed by atoms with Crippen LogP contribution in [0.3, 0.4) is 0 Å². The molecule has 4 N–H and O–H groups in total. The normalized spacial score (nSPS) is 11.2. The fourth-order valence-corrected chi connectivity index (χ4v) is 7.08. The Morgan fingerprint density at radius 3 is 1.22 bits per heavy atom. The number of nitrogens with zero attached hydrogens (tertiary/aromatic N) is 4. The summed E-state index contributed by atoms with van der Waals surface area (Å²) in [5.74, 6) is 0. The lowest BCUT2D eigenvalue weighted by atomic mass is 10.1. The Kier molecular flexibility index (Phi) is 9.14. The van der Waals surface area contributed by atoms with E-state index < -0.39 is 40.8 Å². The zero-order valence-electron chi connectivity index (χ0n) is 27.5. The molecule has 13 heteroatoms. The first-order valence-electron chi connectivity index (χ1n) is 15.6. The molecule has 0 fully saturated rings. The third-order valence-corrected chi connectivity index (χ3v) is 9.96. The van der Waals surface area contributed by atoms with Crippen molar-refractivity contribution in [3.63, 3.8) is 0 Å². The Morgan fingerprint density at radius 1 is 0.510 bits per heavy atom. The molecule has 6 aromatic rings. The number of nitrogen functional groups attached to an aromatic ring is 2. The molecule has 0 heterocycles. The minimum atomic E-state index is -4.50. The van der Waals surface area contributed by atoms with Gasteiger partial charge in [-0.15, -0.1) is 0 Å². The number of rotatable bonds is 10. The van der Waals surface area contributed by atoms with E-state index in [-0.39, 0.29) is 11.4 Å². The Balaban J connectivity index is 1.48. The summed E-state index contributed by atoms with van der Waals surface area (Å²) in [5.41, 5.74) is 16.2. The van der Waals surface area contributed by atoms with Crippen LogP contribution in [0.25, 0.3) is 0 Å². The number of nitro groups is 2. The molecule has 0 bridgehead atoms. The van der Waals surface area contributed by atoms with Crippen molar-refractivity contribution in [1.29, 1.82) is 0 Å². The highest BCUT2D eigenvalue weighted by molar-refractivity contribution is 7.91. The highest BCUT2D eigenvalue weighted by Gasteiger charge is 2.30. The summed E-state index contributed by atoms with van der Waals surface area (Å²) in [4.78, 5) is 26.3. The van der Waals surface area contributed by atoms with E-state index >= 15 is 0 Å². The van der Waals surface area contributed by atoms with E-state index in [9.17, 15) is 28.6 Å². The van der Waals surface area contributed by atoms with Crippen LogP contribution in [0.5, 0.6) is 0 Å². The van der Waals surface area contributed by atoms with Gasteiger partial charge in [0.1, 0.15) is 11.4 Å². The van der Waals surface area contributed by atoms with Crippen molar-refractivity contribution >= 4 is 66.7 Å². The molecule has 6 aromatic carbocycles. The van der Waals surface area contributed by atoms with Crippen molar-refractivity contribution in [3.8, 4) is 0 Å². The van der Waals surface area contributed by atoms with Gasteiger partial charge in [-0.25, -0.2) is 8.42 Å². The molecule has 256 valence electrons. The van der Waals surface area contributed by atoms with Gasteiger partial charge in [0.25, 0.3) is 11.4 Å². The molecule has 0 amide bonds. The summed E-state index contributed by atoms with van der Waals surface area (Å²) in [6, 6.07) is 35.3. The Morgan fingerprint density at radius 2 is 0.882 bits per heavy atom. The van der Waals surface area contributed by atoms with Crippen LogP contribution in [0.15, 0.2) is 143 Å². The molecule has 0 aliphatic carbocycles. The number of hydrogen-bond donors (Lipinski definition) is 2. The molecule has 12 nitrogen and oxygen atoms in total. The molecule has 0 aliphatic heterocycles. The van der Waals surface area contributed by atoms with Crippen LogP contribution >= 0.6 is 0 Å². The molecule has 0 saturated carbocycles. The molecule has 0 radical (unpaired) electrons. The first kappa shape index (κ1) is 34.1. The lowest BCUT2D eigenvalue weighted by molar-refractivity contribution is -0.384. The van der Waals surface area contributed by atoms with Crippen LogP contribution in [-0.4, -0.2) is 18.3 Å². The number of hydrogen-bond acceptors (Lipinski definition) is 10. The maximum Gasteiger partial charge on any atom is 0.294 e. The molecular weight excluding hydrogens is 669 g/mol. The van der Waals surface area contributed by atoms with Gasteiger partial charge in [0, 0.05) is 46.3 Å². The second kappa shape index (κ2) is 13.6. The van der Waals surface area contributed by atoms with E-state index in [4.69, 9.17) is 11.5 Å². The van der Waals surface area contributed by atoms with Crippen molar-refractivity contribution in [2.45, 2.75) is 23.6 Å². The smallest absolute Gasteiger partial charge is 0.294 e. The van der Waals surface area contributed by atoms with E-state index in [1.165, 1.54) is 24.3 Å². The molecular formula is C38H32N6O6S. The predicted octanol–water partition coefficient (Wildman–Crippen LogP) is 9.06. The van der Waals surface area contributed by atoms with Crippen molar-refractivity contribution < 1.29 is 18.3 Å². The quantitative estimate of drug-likeness (QED) is 0.0795. The summed E-state index contributed by atoms with van der Waals surface area (Å²) in [5, 5.41) is 25.1. The van der Waals surface area contributed by atoms with Gasteiger partial charge >= 0.3 is 0 Å². The highest BCUT2D eigenvalue weighted by Crippen LogP contribution is 2.44. The van der Waals surface area contributed by atoms with Crippen molar-refractivity contribution in [2.75, 3.05) is 21.3 Å². The maximum atomic E-state index is 14.1. The monoisotopic (exact) mass is 700 g/mol. The van der Waals surface area contributed by atoms with Gasteiger partial charge in [-0.05, 0) is 122 Å². The van der Waals surface area contributed by atoms with Gasteiger partial charge in [-0.3, -0.25) is 20.2 Å². The largest absolute Gasteiger partial charge is 0.399 e.